The lowest BCUT2D eigenvalue weighted by Crippen LogP contribution is -2.43. The van der Waals surface area contributed by atoms with Gasteiger partial charge in [0.25, 0.3) is 0 Å². The topological polar surface area (TPSA) is 102 Å². The third-order valence-corrected chi connectivity index (χ3v) is 8.47. The van der Waals surface area contributed by atoms with Gasteiger partial charge in [0.15, 0.2) is 0 Å². The molecule has 0 amide bonds. The fourth-order valence-electron chi connectivity index (χ4n) is 5.04. The van der Waals surface area contributed by atoms with Crippen LogP contribution in [0.25, 0.3) is 0 Å². The number of fused-ring (bicyclic) bond motifs is 2. The summed E-state index contributed by atoms with van der Waals surface area (Å²) in [5.74, 6) is 0. The molecular formula is C34H49N5. The number of allylic oxidation sites excluding steroid dienone is 9. The number of benzene rings is 1. The van der Waals surface area contributed by atoms with Crippen molar-refractivity contribution in [3.05, 3.63) is 113 Å². The Hall–Kier alpha value is -3.60. The monoisotopic (exact) mass is 527 g/mol. The van der Waals surface area contributed by atoms with Gasteiger partial charge in [0, 0.05) is 57.8 Å². The molecule has 2 heterocycles. The zero-order chi connectivity index (χ0) is 29.1. The summed E-state index contributed by atoms with van der Waals surface area (Å²) in [5, 5.41) is 7.00. The Labute approximate surface area is 236 Å². The zero-order valence-electron chi connectivity index (χ0n) is 25.1. The smallest absolute Gasteiger partial charge is 0.0713 e. The van der Waals surface area contributed by atoms with Crippen molar-refractivity contribution in [1.82, 2.24) is 5.32 Å². The van der Waals surface area contributed by atoms with E-state index in [1.54, 1.807) is 0 Å². The van der Waals surface area contributed by atoms with Crippen molar-refractivity contribution in [3.8, 4) is 0 Å². The number of hydrogen-bond acceptors (Lipinski definition) is 5. The van der Waals surface area contributed by atoms with Crippen LogP contribution in [0.4, 0.5) is 5.69 Å². The Morgan fingerprint density at radius 3 is 1.95 bits per heavy atom. The molecule has 0 aromatic heterocycles. The van der Waals surface area contributed by atoms with Gasteiger partial charge in [-0.3, -0.25) is 0 Å². The molecule has 0 saturated heterocycles. The minimum atomic E-state index is -0.703. The molecule has 2 aliphatic rings. The molecule has 2 unspecified atom stereocenters. The molecule has 39 heavy (non-hydrogen) atoms. The third kappa shape index (κ3) is 6.52. The quantitative estimate of drug-likeness (QED) is 0.301. The van der Waals surface area contributed by atoms with Crippen LogP contribution in [0.5, 0.6) is 0 Å². The van der Waals surface area contributed by atoms with Crippen molar-refractivity contribution in [3.63, 3.8) is 0 Å². The molecule has 0 fully saturated rings. The maximum atomic E-state index is 6.85. The number of rotatable bonds is 2. The summed E-state index contributed by atoms with van der Waals surface area (Å²) in [7, 11) is 1.91. The average molecular weight is 528 g/mol. The van der Waals surface area contributed by atoms with Gasteiger partial charge in [0.05, 0.1) is 5.41 Å². The van der Waals surface area contributed by atoms with Gasteiger partial charge in [0.2, 0.25) is 0 Å². The van der Waals surface area contributed by atoms with Gasteiger partial charge in [-0.05, 0) is 49.3 Å². The second-order valence-corrected chi connectivity index (χ2v) is 12.7. The molecule has 2 bridgehead atoms. The van der Waals surface area contributed by atoms with E-state index in [1.807, 2.05) is 43.5 Å². The van der Waals surface area contributed by atoms with Gasteiger partial charge < -0.3 is 27.8 Å². The van der Waals surface area contributed by atoms with E-state index < -0.39 is 5.41 Å². The Kier molecular flexibility index (Phi) is 8.64. The van der Waals surface area contributed by atoms with E-state index in [0.717, 1.165) is 23.4 Å². The van der Waals surface area contributed by atoms with Crippen LogP contribution >= 0.6 is 0 Å². The van der Waals surface area contributed by atoms with Crippen LogP contribution in [-0.2, 0) is 5.41 Å². The molecule has 2 aliphatic heterocycles. The molecule has 8 N–H and O–H groups in total. The van der Waals surface area contributed by atoms with Crippen LogP contribution < -0.4 is 27.8 Å². The van der Waals surface area contributed by atoms with Gasteiger partial charge in [-0.15, -0.1) is 0 Å². The summed E-state index contributed by atoms with van der Waals surface area (Å²) < 4.78 is 0. The Bertz CT molecular complexity index is 1270. The highest BCUT2D eigenvalue weighted by Crippen LogP contribution is 2.39. The first-order chi connectivity index (χ1) is 18.1. The summed E-state index contributed by atoms with van der Waals surface area (Å²) in [6.07, 6.45) is 21.8. The predicted molar refractivity (Wildman–Crippen MR) is 169 cm³/mol. The van der Waals surface area contributed by atoms with Crippen LogP contribution in [0, 0.1) is 16.2 Å². The van der Waals surface area contributed by atoms with Crippen molar-refractivity contribution in [2.45, 2.75) is 66.3 Å². The van der Waals surface area contributed by atoms with Crippen LogP contribution in [0.1, 0.15) is 60.5 Å². The van der Waals surface area contributed by atoms with E-state index in [4.69, 9.17) is 17.2 Å². The molecular weight excluding hydrogens is 478 g/mol. The Morgan fingerprint density at radius 1 is 0.795 bits per heavy atom. The molecule has 0 spiro atoms. The summed E-state index contributed by atoms with van der Waals surface area (Å²) in [5.41, 5.74) is 24.4. The van der Waals surface area contributed by atoms with Gasteiger partial charge in [-0.2, -0.15) is 0 Å². The van der Waals surface area contributed by atoms with Crippen LogP contribution in [-0.4, -0.2) is 13.1 Å². The van der Waals surface area contributed by atoms with Crippen molar-refractivity contribution < 1.29 is 0 Å². The standard InChI is InChI=1S/C34H49N5/c1-31(2)20-10-15-26(35)33(5,6)30-19-18-29(39-30)32(3,4)22-12-17-28(37)34(7,27(36)16-11-21-31)24-13-9-14-25(23-24)38-8/h9-18,20-23,30,38-39H,19,35-37H2,1-8H3/b20-10+,21-11+,22-12+,26-15-,27-16-,28-17-. The van der Waals surface area contributed by atoms with Crippen molar-refractivity contribution >= 4 is 5.69 Å². The van der Waals surface area contributed by atoms with E-state index >= 15 is 0 Å². The SMILES string of the molecule is CNc1cccc(C2(C)/C(N)=C/C=C/C(C)(C)/C=C/C=C(\N)C(C)(C)C3CC=C(N3)C(C)(C)/C=C/C=C/2N)c1. The largest absolute Gasteiger partial charge is 0.402 e. The van der Waals surface area contributed by atoms with E-state index in [9.17, 15) is 0 Å². The molecule has 1 aromatic rings. The maximum Gasteiger partial charge on any atom is 0.0713 e. The summed E-state index contributed by atoms with van der Waals surface area (Å²) in [6.45, 7) is 15.2. The number of anilines is 1. The van der Waals surface area contributed by atoms with E-state index in [0.29, 0.717) is 11.4 Å². The molecule has 210 valence electrons. The van der Waals surface area contributed by atoms with E-state index in [2.05, 4.69) is 108 Å². The van der Waals surface area contributed by atoms with E-state index in [-0.39, 0.29) is 22.3 Å². The van der Waals surface area contributed by atoms with Gasteiger partial charge in [0.1, 0.15) is 0 Å². The molecule has 0 radical (unpaired) electrons. The number of nitrogens with one attached hydrogen (secondary N) is 2. The fraction of sp³-hybridized carbons (Fsp3) is 0.412. The highest BCUT2D eigenvalue weighted by Gasteiger charge is 2.37. The molecule has 0 aliphatic carbocycles. The zero-order valence-corrected chi connectivity index (χ0v) is 25.1. The van der Waals surface area contributed by atoms with Gasteiger partial charge >= 0.3 is 0 Å². The highest BCUT2D eigenvalue weighted by molar-refractivity contribution is 5.53. The first-order valence-electron chi connectivity index (χ1n) is 13.9. The molecule has 5 nitrogen and oxygen atoms in total. The summed E-state index contributed by atoms with van der Waals surface area (Å²) in [4.78, 5) is 0. The molecule has 3 rings (SSSR count). The molecule has 2 atom stereocenters. The maximum absolute atomic E-state index is 6.85. The van der Waals surface area contributed by atoms with Crippen LogP contribution in [0.3, 0.4) is 0 Å². The molecule has 5 heteroatoms. The molecule has 1 aromatic carbocycles. The first-order valence-corrected chi connectivity index (χ1v) is 13.9. The normalized spacial score (nSPS) is 33.1. The lowest BCUT2D eigenvalue weighted by Gasteiger charge is -2.35. The minimum absolute atomic E-state index is 0.197. The number of hydrogen-bond donors (Lipinski definition) is 5. The lowest BCUT2D eigenvalue weighted by atomic mass is 9.76. The lowest BCUT2D eigenvalue weighted by molar-refractivity contribution is 0.310. The first kappa shape index (κ1) is 29.9. The van der Waals surface area contributed by atoms with Crippen LogP contribution in [0.15, 0.2) is 108 Å². The van der Waals surface area contributed by atoms with Crippen LogP contribution in [0.2, 0.25) is 0 Å². The third-order valence-electron chi connectivity index (χ3n) is 8.47. The molecule has 0 saturated carbocycles. The van der Waals surface area contributed by atoms with Gasteiger partial charge in [-0.1, -0.05) is 96.2 Å². The predicted octanol–water partition coefficient (Wildman–Crippen LogP) is 6.52. The Balaban J connectivity index is 2.15. The fourth-order valence-corrected chi connectivity index (χ4v) is 5.04. The average Bonchev–Trinajstić information content (AvgIpc) is 3.39. The van der Waals surface area contributed by atoms with Crippen molar-refractivity contribution in [2.75, 3.05) is 12.4 Å². The highest BCUT2D eigenvalue weighted by atomic mass is 15.0. The van der Waals surface area contributed by atoms with Crippen molar-refractivity contribution in [2.24, 2.45) is 33.4 Å². The second kappa shape index (κ2) is 11.3. The van der Waals surface area contributed by atoms with Gasteiger partial charge in [-0.25, -0.2) is 0 Å². The number of nitrogens with two attached hydrogens (primary N) is 3. The van der Waals surface area contributed by atoms with Crippen molar-refractivity contribution in [1.29, 1.82) is 0 Å². The summed E-state index contributed by atoms with van der Waals surface area (Å²) >= 11 is 0. The summed E-state index contributed by atoms with van der Waals surface area (Å²) in [6, 6.07) is 8.46. The Morgan fingerprint density at radius 2 is 1.36 bits per heavy atom. The second-order valence-electron chi connectivity index (χ2n) is 12.7. The minimum Gasteiger partial charge on any atom is -0.402 e. The van der Waals surface area contributed by atoms with E-state index in [1.165, 1.54) is 5.70 Å².